The van der Waals surface area contributed by atoms with Crippen molar-refractivity contribution in [1.29, 1.82) is 0 Å². The molecule has 0 amide bonds. The van der Waals surface area contributed by atoms with Crippen molar-refractivity contribution in [3.8, 4) is 0 Å². The molecule has 0 aromatic carbocycles. The summed E-state index contributed by atoms with van der Waals surface area (Å²) in [7, 11) is 1.28. The molecule has 0 aliphatic heterocycles. The molecule has 0 heterocycles. The van der Waals surface area contributed by atoms with E-state index in [1.807, 2.05) is 0 Å². The number of hydrogen-bond donors (Lipinski definition) is 2. The fraction of sp³-hybridized carbons (Fsp3) is 0.333. The SMILES string of the molecule is C=CC(N)SS. The molecule has 1 atom stereocenters. The molecule has 36 valence electrons. The van der Waals surface area contributed by atoms with Crippen molar-refractivity contribution in [3.05, 3.63) is 12.7 Å². The van der Waals surface area contributed by atoms with Crippen LogP contribution in [0, 0.1) is 0 Å². The van der Waals surface area contributed by atoms with Crippen LogP contribution in [0.25, 0.3) is 0 Å². The van der Waals surface area contributed by atoms with Gasteiger partial charge in [-0.2, -0.15) is 0 Å². The van der Waals surface area contributed by atoms with Gasteiger partial charge >= 0.3 is 0 Å². The minimum atomic E-state index is -0.0201. The second-order valence-electron chi connectivity index (χ2n) is 0.806. The van der Waals surface area contributed by atoms with E-state index in [0.717, 1.165) is 0 Å². The summed E-state index contributed by atoms with van der Waals surface area (Å²) < 4.78 is 0. The summed E-state index contributed by atoms with van der Waals surface area (Å²) >= 11 is 3.82. The maximum absolute atomic E-state index is 5.24. The van der Waals surface area contributed by atoms with Crippen molar-refractivity contribution in [2.75, 3.05) is 0 Å². The monoisotopic (exact) mass is 121 g/mol. The van der Waals surface area contributed by atoms with Crippen molar-refractivity contribution >= 4 is 22.5 Å². The van der Waals surface area contributed by atoms with E-state index in [1.165, 1.54) is 10.8 Å². The van der Waals surface area contributed by atoms with E-state index in [2.05, 4.69) is 18.2 Å². The average molecular weight is 121 g/mol. The number of thiol groups is 1. The summed E-state index contributed by atoms with van der Waals surface area (Å²) in [5, 5.41) is -0.0201. The molecular weight excluding hydrogens is 114 g/mol. The first-order valence-corrected chi connectivity index (χ1v) is 3.43. The molecule has 2 N–H and O–H groups in total. The molecule has 0 saturated carbocycles. The molecule has 0 spiro atoms. The third-order valence-corrected chi connectivity index (χ3v) is 1.52. The largest absolute Gasteiger partial charge is 0.315 e. The molecule has 0 aromatic rings. The molecule has 0 rings (SSSR count). The standard InChI is InChI=1S/C3H7NS2/c1-2-3(4)6-5/h2-3,5H,1,4H2. The topological polar surface area (TPSA) is 26.0 Å². The van der Waals surface area contributed by atoms with Gasteiger partial charge in [0.15, 0.2) is 0 Å². The van der Waals surface area contributed by atoms with Crippen LogP contribution < -0.4 is 5.73 Å². The van der Waals surface area contributed by atoms with Gasteiger partial charge in [0, 0.05) is 0 Å². The van der Waals surface area contributed by atoms with Gasteiger partial charge in [-0.25, -0.2) is 0 Å². The molecule has 0 fully saturated rings. The summed E-state index contributed by atoms with van der Waals surface area (Å²) in [6.07, 6.45) is 1.64. The zero-order valence-corrected chi connectivity index (χ0v) is 5.01. The van der Waals surface area contributed by atoms with Crippen molar-refractivity contribution in [1.82, 2.24) is 0 Å². The Kier molecular flexibility index (Phi) is 3.82. The van der Waals surface area contributed by atoms with Gasteiger partial charge in [-0.1, -0.05) is 16.9 Å². The lowest BCUT2D eigenvalue weighted by atomic mass is 10.7. The van der Waals surface area contributed by atoms with E-state index >= 15 is 0 Å². The Balaban J connectivity index is 2.96. The second-order valence-corrected chi connectivity index (χ2v) is 2.19. The first kappa shape index (κ1) is 6.40. The van der Waals surface area contributed by atoms with Crippen LogP contribution in [0.15, 0.2) is 12.7 Å². The zero-order chi connectivity index (χ0) is 4.99. The second kappa shape index (κ2) is 3.59. The normalized spacial score (nSPS) is 13.7. The van der Waals surface area contributed by atoms with Gasteiger partial charge in [-0.3, -0.25) is 0 Å². The van der Waals surface area contributed by atoms with E-state index in [1.54, 1.807) is 6.08 Å². The van der Waals surface area contributed by atoms with Crippen LogP contribution in [-0.4, -0.2) is 5.37 Å². The Morgan fingerprint density at radius 2 is 2.50 bits per heavy atom. The molecule has 0 aliphatic rings. The quantitative estimate of drug-likeness (QED) is 0.247. The van der Waals surface area contributed by atoms with E-state index < -0.39 is 0 Å². The molecule has 0 bridgehead atoms. The lowest BCUT2D eigenvalue weighted by Crippen LogP contribution is -2.07. The van der Waals surface area contributed by atoms with Crippen molar-refractivity contribution in [2.24, 2.45) is 5.73 Å². The molecule has 1 nitrogen and oxygen atoms in total. The Labute approximate surface area is 46.8 Å². The fourth-order valence-corrected chi connectivity index (χ4v) is 0.387. The summed E-state index contributed by atoms with van der Waals surface area (Å²) in [6, 6.07) is 0. The van der Waals surface area contributed by atoms with Crippen molar-refractivity contribution in [2.45, 2.75) is 5.37 Å². The number of nitrogens with two attached hydrogens (primary N) is 1. The third-order valence-electron chi connectivity index (χ3n) is 0.354. The van der Waals surface area contributed by atoms with E-state index in [-0.39, 0.29) is 5.37 Å². The molecule has 3 heteroatoms. The maximum atomic E-state index is 5.24. The minimum Gasteiger partial charge on any atom is -0.315 e. The predicted molar refractivity (Wildman–Crippen MR) is 34.7 cm³/mol. The lowest BCUT2D eigenvalue weighted by Gasteiger charge is -1.93. The zero-order valence-electron chi connectivity index (χ0n) is 3.29. The molecule has 0 aromatic heterocycles. The van der Waals surface area contributed by atoms with Crippen LogP contribution in [-0.2, 0) is 0 Å². The van der Waals surface area contributed by atoms with Gasteiger partial charge < -0.3 is 5.73 Å². The first-order valence-electron chi connectivity index (χ1n) is 1.49. The van der Waals surface area contributed by atoms with Crippen molar-refractivity contribution in [3.63, 3.8) is 0 Å². The molecule has 0 radical (unpaired) electrons. The third kappa shape index (κ3) is 2.63. The summed E-state index contributed by atoms with van der Waals surface area (Å²) in [5.74, 6) is 0. The van der Waals surface area contributed by atoms with Crippen LogP contribution in [0.4, 0.5) is 0 Å². The molecule has 1 unspecified atom stereocenters. The van der Waals surface area contributed by atoms with E-state index in [0.29, 0.717) is 0 Å². The number of rotatable bonds is 2. The Morgan fingerprint density at radius 3 is 2.50 bits per heavy atom. The van der Waals surface area contributed by atoms with Crippen LogP contribution in [0.3, 0.4) is 0 Å². The van der Waals surface area contributed by atoms with Crippen molar-refractivity contribution < 1.29 is 0 Å². The highest BCUT2D eigenvalue weighted by Gasteiger charge is 1.85. The Hall–Kier alpha value is 0.400. The molecule has 6 heavy (non-hydrogen) atoms. The Bertz CT molecular complexity index is 46.1. The number of hydrogen-bond acceptors (Lipinski definition) is 3. The summed E-state index contributed by atoms with van der Waals surface area (Å²) in [6.45, 7) is 3.44. The summed E-state index contributed by atoms with van der Waals surface area (Å²) in [4.78, 5) is 0. The van der Waals surface area contributed by atoms with Gasteiger partial charge in [0.25, 0.3) is 0 Å². The predicted octanol–water partition coefficient (Wildman–Crippen LogP) is 1.04. The minimum absolute atomic E-state index is 0.0201. The highest BCUT2D eigenvalue weighted by molar-refractivity contribution is 8.68. The van der Waals surface area contributed by atoms with Gasteiger partial charge in [-0.15, -0.1) is 18.2 Å². The van der Waals surface area contributed by atoms with Crippen LogP contribution >= 0.6 is 22.5 Å². The molecule has 0 aliphatic carbocycles. The molecular formula is C3H7NS2. The highest BCUT2D eigenvalue weighted by atomic mass is 33.1. The van der Waals surface area contributed by atoms with E-state index in [9.17, 15) is 0 Å². The maximum Gasteiger partial charge on any atom is 0.0792 e. The highest BCUT2D eigenvalue weighted by Crippen LogP contribution is 2.08. The van der Waals surface area contributed by atoms with Crippen LogP contribution in [0.5, 0.6) is 0 Å². The lowest BCUT2D eigenvalue weighted by molar-refractivity contribution is 1.18. The first-order chi connectivity index (χ1) is 2.81. The fourth-order valence-electron chi connectivity index (χ4n) is 0.0430. The molecule has 0 saturated heterocycles. The van der Waals surface area contributed by atoms with Gasteiger partial charge in [0.2, 0.25) is 0 Å². The average Bonchev–Trinajstić information content (AvgIpc) is 1.65. The Morgan fingerprint density at radius 1 is 2.00 bits per heavy atom. The summed E-state index contributed by atoms with van der Waals surface area (Å²) in [5.41, 5.74) is 5.24. The van der Waals surface area contributed by atoms with Crippen LogP contribution in [0.1, 0.15) is 0 Å². The van der Waals surface area contributed by atoms with Gasteiger partial charge in [0.05, 0.1) is 5.37 Å². The van der Waals surface area contributed by atoms with Gasteiger partial charge in [-0.05, 0) is 0 Å². The smallest absolute Gasteiger partial charge is 0.0792 e. The van der Waals surface area contributed by atoms with Gasteiger partial charge in [0.1, 0.15) is 0 Å². The van der Waals surface area contributed by atoms with E-state index in [4.69, 9.17) is 5.73 Å². The van der Waals surface area contributed by atoms with Crippen LogP contribution in [0.2, 0.25) is 0 Å².